The van der Waals surface area contributed by atoms with Crippen molar-refractivity contribution in [2.24, 2.45) is 0 Å². The molecule has 0 fully saturated rings. The summed E-state index contributed by atoms with van der Waals surface area (Å²) in [6.07, 6.45) is -4.48. The minimum absolute atomic E-state index is 0.00322. The molecule has 2 aromatic carbocycles. The van der Waals surface area contributed by atoms with Crippen LogP contribution in [0.25, 0.3) is 0 Å². The molecule has 0 amide bonds. The summed E-state index contributed by atoms with van der Waals surface area (Å²) in [6, 6.07) is 11.1. The predicted octanol–water partition coefficient (Wildman–Crippen LogP) is 5.18. The highest BCUT2D eigenvalue weighted by Gasteiger charge is 2.30. The van der Waals surface area contributed by atoms with Crippen molar-refractivity contribution in [2.45, 2.75) is 6.18 Å². The van der Waals surface area contributed by atoms with Crippen molar-refractivity contribution in [3.63, 3.8) is 0 Å². The summed E-state index contributed by atoms with van der Waals surface area (Å²) in [7, 11) is 0. The molecule has 0 aliphatic rings. The Labute approximate surface area is 335 Å². The third kappa shape index (κ3) is 27.2. The number of carbonyl (C=O) groups excluding carboxylic acids is 1. The maximum atomic E-state index is 13.1. The van der Waals surface area contributed by atoms with Crippen molar-refractivity contribution in [3.8, 4) is 0 Å². The van der Waals surface area contributed by atoms with Crippen LogP contribution in [0.4, 0.5) is 24.5 Å². The van der Waals surface area contributed by atoms with Gasteiger partial charge in [-0.05, 0) is 30.3 Å². The van der Waals surface area contributed by atoms with Gasteiger partial charge in [-0.3, -0.25) is 0 Å². The Hall–Kier alpha value is -2.46. The minimum Gasteiger partial charge on any atom is -0.460 e. The van der Waals surface area contributed by atoms with Crippen molar-refractivity contribution in [3.05, 3.63) is 59.7 Å². The van der Waals surface area contributed by atoms with E-state index in [0.717, 1.165) is 17.5 Å². The van der Waals surface area contributed by atoms with E-state index in [4.69, 9.17) is 56.8 Å². The Morgan fingerprint density at radius 2 is 0.839 bits per heavy atom. The van der Waals surface area contributed by atoms with E-state index in [1.54, 1.807) is 18.2 Å². The van der Waals surface area contributed by atoms with E-state index in [-0.39, 0.29) is 24.5 Å². The lowest BCUT2D eigenvalue weighted by Crippen LogP contribution is -2.16. The molecule has 0 heterocycles. The molecule has 0 saturated heterocycles. The summed E-state index contributed by atoms with van der Waals surface area (Å²) in [5.41, 5.74) is -0.0943. The van der Waals surface area contributed by atoms with E-state index in [2.05, 4.69) is 21.2 Å². The highest BCUT2D eigenvalue weighted by molar-refractivity contribution is 9.09. The average molecular weight is 873 g/mol. The van der Waals surface area contributed by atoms with Crippen LogP contribution in [-0.2, 0) is 63.0 Å². The van der Waals surface area contributed by atoms with Crippen LogP contribution in [0.3, 0.4) is 0 Å². The van der Waals surface area contributed by atoms with E-state index in [1.165, 1.54) is 18.2 Å². The normalized spacial score (nSPS) is 11.6. The van der Waals surface area contributed by atoms with Crippen LogP contribution in [0.15, 0.2) is 48.5 Å². The van der Waals surface area contributed by atoms with Gasteiger partial charge in [0.1, 0.15) is 6.61 Å². The van der Waals surface area contributed by atoms with Crippen LogP contribution in [0.2, 0.25) is 0 Å². The van der Waals surface area contributed by atoms with Gasteiger partial charge in [0.25, 0.3) is 0 Å². The van der Waals surface area contributed by atoms with Crippen molar-refractivity contribution >= 4 is 33.3 Å². The van der Waals surface area contributed by atoms with Crippen LogP contribution >= 0.6 is 15.9 Å². The first-order chi connectivity index (χ1) is 27.4. The van der Waals surface area contributed by atoms with Crippen molar-refractivity contribution < 1.29 is 74.8 Å². The molecule has 56 heavy (non-hydrogen) atoms. The third-order valence-corrected chi connectivity index (χ3v) is 7.34. The number of ether oxygens (including phenoxy) is 12. The van der Waals surface area contributed by atoms with E-state index in [1.807, 2.05) is 0 Å². The minimum atomic E-state index is -4.48. The van der Waals surface area contributed by atoms with E-state index in [0.29, 0.717) is 144 Å². The molecule has 2 aromatic rings. The Bertz CT molecular complexity index is 1240. The molecular weight excluding hydrogens is 815 g/mol. The largest absolute Gasteiger partial charge is 0.460 e. The van der Waals surface area contributed by atoms with Crippen LogP contribution in [-0.4, -0.2) is 163 Å². The zero-order chi connectivity index (χ0) is 40.2. The summed E-state index contributed by atoms with van der Waals surface area (Å²) in [5, 5.41) is 3.68. The first-order valence-corrected chi connectivity index (χ1v) is 19.7. The van der Waals surface area contributed by atoms with Gasteiger partial charge in [0.15, 0.2) is 0 Å². The van der Waals surface area contributed by atoms with Gasteiger partial charge in [-0.1, -0.05) is 34.1 Å². The zero-order valence-electron chi connectivity index (χ0n) is 31.9. The molecule has 0 aliphatic carbocycles. The molecule has 0 saturated carbocycles. The quantitative estimate of drug-likeness (QED) is 0.0539. The lowest BCUT2D eigenvalue weighted by molar-refractivity contribution is -0.137. The molecule has 0 radical (unpaired) electrons. The van der Waals surface area contributed by atoms with Crippen molar-refractivity contribution in [1.82, 2.24) is 0 Å². The second-order valence-corrected chi connectivity index (χ2v) is 12.1. The smallest absolute Gasteiger partial charge is 0.416 e. The average Bonchev–Trinajstić information content (AvgIpc) is 3.19. The zero-order valence-corrected chi connectivity index (χ0v) is 33.5. The van der Waals surface area contributed by atoms with Crippen LogP contribution < -0.4 is 5.32 Å². The van der Waals surface area contributed by atoms with Gasteiger partial charge in [0.05, 0.1) is 162 Å². The van der Waals surface area contributed by atoms with Gasteiger partial charge >= 0.3 is 12.1 Å². The molecular formula is C38H57BrF3NO13. The van der Waals surface area contributed by atoms with Gasteiger partial charge in [0.2, 0.25) is 0 Å². The molecule has 14 nitrogen and oxygen atoms in total. The van der Waals surface area contributed by atoms with E-state index >= 15 is 0 Å². The maximum absolute atomic E-state index is 13.1. The van der Waals surface area contributed by atoms with Crippen molar-refractivity contribution in [2.75, 3.05) is 163 Å². The van der Waals surface area contributed by atoms with Gasteiger partial charge in [-0.2, -0.15) is 13.2 Å². The third-order valence-electron chi connectivity index (χ3n) is 7.02. The Kier molecular flexibility index (Phi) is 30.7. The molecule has 1 N–H and O–H groups in total. The highest BCUT2D eigenvalue weighted by Crippen LogP contribution is 2.32. The molecule has 0 bridgehead atoms. The molecule has 0 spiro atoms. The summed E-state index contributed by atoms with van der Waals surface area (Å²) in [6.45, 7) is 10.1. The topological polar surface area (TPSA) is 140 Å². The summed E-state index contributed by atoms with van der Waals surface area (Å²) in [4.78, 5) is 12.6. The number of para-hydroxylation sites is 1. The number of esters is 1. The van der Waals surface area contributed by atoms with Gasteiger partial charge in [-0.15, -0.1) is 0 Å². The molecule has 2 rings (SSSR count). The number of rotatable bonds is 38. The molecule has 0 unspecified atom stereocenters. The number of benzene rings is 2. The lowest BCUT2D eigenvalue weighted by atomic mass is 10.1. The summed E-state index contributed by atoms with van der Waals surface area (Å²) in [5.74, 6) is -0.630. The van der Waals surface area contributed by atoms with Crippen LogP contribution in [0, 0.1) is 0 Å². The summed E-state index contributed by atoms with van der Waals surface area (Å²) < 4.78 is 104. The first-order valence-electron chi connectivity index (χ1n) is 18.5. The molecule has 18 heteroatoms. The van der Waals surface area contributed by atoms with Gasteiger partial charge in [-0.25, -0.2) is 4.79 Å². The molecule has 320 valence electrons. The van der Waals surface area contributed by atoms with Crippen molar-refractivity contribution in [1.29, 1.82) is 0 Å². The lowest BCUT2D eigenvalue weighted by Gasteiger charge is -2.13. The highest BCUT2D eigenvalue weighted by atomic mass is 79.9. The number of carbonyl (C=O) groups is 1. The Morgan fingerprint density at radius 1 is 0.482 bits per heavy atom. The maximum Gasteiger partial charge on any atom is 0.416 e. The van der Waals surface area contributed by atoms with Crippen LogP contribution in [0.1, 0.15) is 15.9 Å². The Balaban J connectivity index is 1.27. The Morgan fingerprint density at radius 3 is 1.21 bits per heavy atom. The van der Waals surface area contributed by atoms with Crippen LogP contribution in [0.5, 0.6) is 0 Å². The second kappa shape index (κ2) is 34.6. The molecule has 0 aromatic heterocycles. The fraction of sp³-hybridized carbons (Fsp3) is 0.658. The SMILES string of the molecule is O=C(OCCOCCOCCOCCOCCOCCOCCOCCOCCOCCOCCOCCBr)c1ccccc1Nc1cccc(C(F)(F)F)c1. The number of hydrogen-bond donors (Lipinski definition) is 1. The summed E-state index contributed by atoms with van der Waals surface area (Å²) >= 11 is 3.29. The fourth-order valence-electron chi connectivity index (χ4n) is 4.33. The molecule has 0 atom stereocenters. The molecule has 0 aliphatic heterocycles. The van der Waals surface area contributed by atoms with E-state index < -0.39 is 17.7 Å². The number of anilines is 2. The van der Waals surface area contributed by atoms with Gasteiger partial charge in [0, 0.05) is 11.0 Å². The standard InChI is InChI=1S/C38H57BrF3NO13/c39-8-9-45-10-11-46-12-13-47-14-15-48-16-17-49-18-19-50-20-21-51-22-23-52-24-25-53-26-27-54-28-29-55-30-31-56-37(44)35-6-1-2-7-36(35)43-34-5-3-4-33(32-34)38(40,41)42/h1-7,32,43H,8-31H2. The fourth-order valence-corrected chi connectivity index (χ4v) is 4.55. The monoisotopic (exact) mass is 871 g/mol. The van der Waals surface area contributed by atoms with E-state index in [9.17, 15) is 18.0 Å². The number of halogens is 4. The second-order valence-electron chi connectivity index (χ2n) is 11.3. The van der Waals surface area contributed by atoms with Gasteiger partial charge < -0.3 is 62.2 Å². The first kappa shape index (κ1) is 49.7. The number of hydrogen-bond acceptors (Lipinski definition) is 14. The number of nitrogens with one attached hydrogen (secondary N) is 1. The number of alkyl halides is 4. The predicted molar refractivity (Wildman–Crippen MR) is 204 cm³/mol.